The number of amides is 1. The summed E-state index contributed by atoms with van der Waals surface area (Å²) in [5.74, 6) is -1.31. The molecule has 3 atom stereocenters. The second-order valence-corrected chi connectivity index (χ2v) is 9.80. The Hall–Kier alpha value is -2.57. The number of halogens is 2. The number of rotatable bonds is 4. The third-order valence-corrected chi connectivity index (χ3v) is 6.77. The summed E-state index contributed by atoms with van der Waals surface area (Å²) in [5.41, 5.74) is 1.37. The minimum atomic E-state index is -3.45. The van der Waals surface area contributed by atoms with Crippen LogP contribution in [0.2, 0.25) is 0 Å². The van der Waals surface area contributed by atoms with Gasteiger partial charge in [0.2, 0.25) is 15.0 Å². The van der Waals surface area contributed by atoms with Crippen molar-refractivity contribution in [2.75, 3.05) is 12.9 Å². The van der Waals surface area contributed by atoms with E-state index in [4.69, 9.17) is 4.74 Å². The van der Waals surface area contributed by atoms with Gasteiger partial charge in [0, 0.05) is 38.0 Å². The van der Waals surface area contributed by atoms with Gasteiger partial charge in [-0.15, -0.1) is 0 Å². The van der Waals surface area contributed by atoms with Gasteiger partial charge < -0.3 is 19.7 Å². The van der Waals surface area contributed by atoms with E-state index in [1.165, 1.54) is 0 Å². The Morgan fingerprint density at radius 1 is 1.32 bits per heavy atom. The molecule has 168 valence electrons. The van der Waals surface area contributed by atoms with E-state index in [-0.39, 0.29) is 23.4 Å². The molecular formula is C19H22F2N4O5S. The lowest BCUT2D eigenvalue weighted by molar-refractivity contribution is -0.0604. The molecule has 4 rings (SSSR count). The summed E-state index contributed by atoms with van der Waals surface area (Å²) >= 11 is 0. The highest BCUT2D eigenvalue weighted by molar-refractivity contribution is 7.90. The van der Waals surface area contributed by atoms with Gasteiger partial charge in [0.15, 0.2) is 0 Å². The lowest BCUT2D eigenvalue weighted by Gasteiger charge is -2.40. The van der Waals surface area contributed by atoms with Gasteiger partial charge in [-0.3, -0.25) is 4.90 Å². The zero-order chi connectivity index (χ0) is 22.5. The minimum Gasteiger partial charge on any atom is -0.465 e. The Balaban J connectivity index is 1.54. The maximum atomic E-state index is 14.3. The molecule has 0 unspecified atom stereocenters. The molecule has 0 bridgehead atoms. The van der Waals surface area contributed by atoms with E-state index in [0.717, 1.165) is 30.1 Å². The van der Waals surface area contributed by atoms with Gasteiger partial charge in [-0.2, -0.15) is 0 Å². The highest BCUT2D eigenvalue weighted by Crippen LogP contribution is 2.35. The first-order chi connectivity index (χ1) is 14.5. The molecule has 0 saturated carbocycles. The third-order valence-electron chi connectivity index (χ3n) is 5.74. The van der Waals surface area contributed by atoms with Gasteiger partial charge in [-0.25, -0.2) is 27.0 Å². The summed E-state index contributed by atoms with van der Waals surface area (Å²) in [7, 11) is -1.81. The van der Waals surface area contributed by atoms with Crippen LogP contribution in [0.3, 0.4) is 0 Å². The molecule has 2 aliphatic rings. The minimum absolute atomic E-state index is 0.00380. The van der Waals surface area contributed by atoms with Crippen molar-refractivity contribution in [1.82, 2.24) is 19.8 Å². The van der Waals surface area contributed by atoms with Gasteiger partial charge in [-0.05, 0) is 24.6 Å². The molecule has 0 spiro atoms. The Morgan fingerprint density at radius 3 is 2.71 bits per heavy atom. The van der Waals surface area contributed by atoms with Crippen LogP contribution in [-0.4, -0.2) is 59.0 Å². The van der Waals surface area contributed by atoms with Crippen molar-refractivity contribution in [3.63, 3.8) is 0 Å². The average Bonchev–Trinajstić information content (AvgIpc) is 3.23. The first-order valence-electron chi connectivity index (χ1n) is 9.59. The topological polar surface area (TPSA) is 114 Å². The fourth-order valence-corrected chi connectivity index (χ4v) is 5.20. The predicted octanol–water partition coefficient (Wildman–Crippen LogP) is 1.58. The van der Waals surface area contributed by atoms with Gasteiger partial charge in [0.1, 0.15) is 17.7 Å². The van der Waals surface area contributed by atoms with Crippen LogP contribution in [0.4, 0.5) is 13.6 Å². The van der Waals surface area contributed by atoms with Gasteiger partial charge in [0.25, 0.3) is 0 Å². The van der Waals surface area contributed by atoms with Crippen LogP contribution in [0.25, 0.3) is 0 Å². The monoisotopic (exact) mass is 456 g/mol. The Bertz CT molecular complexity index is 1140. The smallest absolute Gasteiger partial charge is 0.404 e. The van der Waals surface area contributed by atoms with Crippen LogP contribution >= 0.6 is 0 Å². The summed E-state index contributed by atoms with van der Waals surface area (Å²) in [6.07, 6.45) is -0.853. The number of benzene rings is 1. The number of carbonyl (C=O) groups is 1. The quantitative estimate of drug-likeness (QED) is 0.718. The molecule has 9 nitrogen and oxygen atoms in total. The first-order valence-corrected chi connectivity index (χ1v) is 11.5. The molecule has 0 radical (unpaired) electrons. The van der Waals surface area contributed by atoms with Gasteiger partial charge in [-0.1, -0.05) is 0 Å². The summed E-state index contributed by atoms with van der Waals surface area (Å²) < 4.78 is 59.1. The molecule has 1 fully saturated rings. The Morgan fingerprint density at radius 2 is 2.06 bits per heavy atom. The number of hydrogen-bond donors (Lipinski definition) is 2. The molecule has 2 aromatic rings. The summed E-state index contributed by atoms with van der Waals surface area (Å²) in [6.45, 7) is 0.970. The maximum absolute atomic E-state index is 14.3. The number of nitrogens with zero attached hydrogens (tertiary/aromatic N) is 3. The molecule has 12 heteroatoms. The standard InChI is InChI=1S/C19H22F2N4O5S/c1-24-16-8-25(7-15(16)22-18(24)31(2,28)29)11-6-14(23-19(26)27)17(30-9-11)12-5-10(20)3-4-13(12)21/h3-5,11,14,17,23H,6-9H2,1-2H3,(H,26,27)/t11-,14+,17-/m1/s1. The van der Waals surface area contributed by atoms with Crippen molar-refractivity contribution >= 4 is 15.9 Å². The van der Waals surface area contributed by atoms with Crippen molar-refractivity contribution in [3.8, 4) is 0 Å². The predicted molar refractivity (Wildman–Crippen MR) is 104 cm³/mol. The maximum Gasteiger partial charge on any atom is 0.404 e. The van der Waals surface area contributed by atoms with Gasteiger partial charge >= 0.3 is 6.09 Å². The van der Waals surface area contributed by atoms with Crippen LogP contribution in [-0.2, 0) is 34.7 Å². The summed E-state index contributed by atoms with van der Waals surface area (Å²) in [6, 6.07) is 1.97. The molecule has 0 aliphatic carbocycles. The van der Waals surface area contributed by atoms with Crippen molar-refractivity contribution in [1.29, 1.82) is 0 Å². The molecule has 1 aromatic heterocycles. The van der Waals surface area contributed by atoms with Crippen molar-refractivity contribution in [2.24, 2.45) is 7.05 Å². The van der Waals surface area contributed by atoms with E-state index in [2.05, 4.69) is 10.3 Å². The average molecular weight is 456 g/mol. The van der Waals surface area contributed by atoms with E-state index in [0.29, 0.717) is 25.2 Å². The van der Waals surface area contributed by atoms with E-state index in [1.807, 2.05) is 4.90 Å². The number of hydrogen-bond acceptors (Lipinski definition) is 6. The number of sulfone groups is 1. The number of imidazole rings is 1. The Labute approximate surface area is 177 Å². The summed E-state index contributed by atoms with van der Waals surface area (Å²) in [4.78, 5) is 17.6. The van der Waals surface area contributed by atoms with E-state index in [1.54, 1.807) is 11.6 Å². The fourth-order valence-electron chi connectivity index (χ4n) is 4.32. The number of carboxylic acid groups (broad SMARTS) is 1. The highest BCUT2D eigenvalue weighted by atomic mass is 32.2. The lowest BCUT2D eigenvalue weighted by atomic mass is 9.92. The normalized spacial score (nSPS) is 24.2. The van der Waals surface area contributed by atoms with E-state index in [9.17, 15) is 27.1 Å². The van der Waals surface area contributed by atoms with Crippen LogP contribution < -0.4 is 5.32 Å². The third kappa shape index (κ3) is 4.14. The molecule has 2 aliphatic heterocycles. The van der Waals surface area contributed by atoms with Crippen LogP contribution in [0.1, 0.15) is 29.5 Å². The summed E-state index contributed by atoms with van der Waals surface area (Å²) in [5, 5.41) is 11.6. The molecule has 1 saturated heterocycles. The molecule has 31 heavy (non-hydrogen) atoms. The van der Waals surface area contributed by atoms with E-state index < -0.39 is 39.7 Å². The largest absolute Gasteiger partial charge is 0.465 e. The SMILES string of the molecule is Cn1c(S(C)(=O)=O)nc2c1CN([C@H]1CO[C@H](c3cc(F)ccc3F)[C@@H](NC(=O)O)C1)C2. The fraction of sp³-hybridized carbons (Fsp3) is 0.474. The second-order valence-electron chi connectivity index (χ2n) is 7.89. The molecule has 1 amide bonds. The molecule has 3 heterocycles. The Kier molecular flexibility index (Phi) is 5.48. The number of nitrogens with one attached hydrogen (secondary N) is 1. The highest BCUT2D eigenvalue weighted by Gasteiger charge is 2.40. The van der Waals surface area contributed by atoms with Crippen molar-refractivity contribution < 1.29 is 31.8 Å². The molecule has 2 N–H and O–H groups in total. The molecular weight excluding hydrogens is 434 g/mol. The van der Waals surface area contributed by atoms with Crippen molar-refractivity contribution in [2.45, 2.75) is 42.9 Å². The van der Waals surface area contributed by atoms with Crippen molar-refractivity contribution in [3.05, 3.63) is 46.8 Å². The number of fused-ring (bicyclic) bond motifs is 1. The zero-order valence-electron chi connectivity index (χ0n) is 16.9. The van der Waals surface area contributed by atoms with Crippen LogP contribution in [0, 0.1) is 11.6 Å². The zero-order valence-corrected chi connectivity index (χ0v) is 17.7. The van der Waals surface area contributed by atoms with Crippen LogP contribution in [0.5, 0.6) is 0 Å². The van der Waals surface area contributed by atoms with E-state index >= 15 is 0 Å². The molecule has 1 aromatic carbocycles. The lowest BCUT2D eigenvalue weighted by Crippen LogP contribution is -2.51. The van der Waals surface area contributed by atoms with Gasteiger partial charge in [0.05, 0.1) is 24.0 Å². The number of ether oxygens (including phenoxy) is 1. The van der Waals surface area contributed by atoms with Crippen LogP contribution in [0.15, 0.2) is 23.4 Å². The first kappa shape index (κ1) is 21.7. The number of aromatic nitrogens is 2. The second kappa shape index (κ2) is 7.84.